The van der Waals surface area contributed by atoms with Gasteiger partial charge in [-0.15, -0.1) is 0 Å². The molecule has 0 saturated heterocycles. The molecule has 0 aromatic rings. The van der Waals surface area contributed by atoms with E-state index in [-0.39, 0.29) is 0 Å². The minimum absolute atomic E-state index is 0.391. The Morgan fingerprint density at radius 2 is 1.86 bits per heavy atom. The number of allylic oxidation sites excluding steroid dienone is 4. The Morgan fingerprint density at radius 1 is 1.00 bits per heavy atom. The van der Waals surface area contributed by atoms with Crippen LogP contribution in [0.25, 0.3) is 0 Å². The maximum atomic E-state index is 11.6. The minimum Gasteiger partial charge on any atom is -0.295 e. The summed E-state index contributed by atoms with van der Waals surface area (Å²) < 4.78 is 0. The highest BCUT2D eigenvalue weighted by atomic mass is 16.1. The first-order valence-electron chi connectivity index (χ1n) is 5.76. The van der Waals surface area contributed by atoms with Crippen molar-refractivity contribution in [3.05, 3.63) is 23.3 Å². The molecule has 0 amide bonds. The summed E-state index contributed by atoms with van der Waals surface area (Å²) in [6.45, 7) is 0. The van der Waals surface area contributed by atoms with Crippen LogP contribution >= 0.6 is 0 Å². The molecule has 0 spiro atoms. The van der Waals surface area contributed by atoms with Crippen LogP contribution in [0, 0.1) is 0 Å². The van der Waals surface area contributed by atoms with Crippen molar-refractivity contribution in [2.24, 2.45) is 0 Å². The second-order valence-electron chi connectivity index (χ2n) is 4.33. The van der Waals surface area contributed by atoms with E-state index in [4.69, 9.17) is 0 Å². The summed E-state index contributed by atoms with van der Waals surface area (Å²) in [5.74, 6) is 0.391. The Labute approximate surface area is 85.9 Å². The third-order valence-electron chi connectivity index (χ3n) is 3.16. The Hall–Kier alpha value is -0.850. The van der Waals surface area contributed by atoms with Crippen LogP contribution < -0.4 is 0 Å². The first kappa shape index (κ1) is 9.70. The molecule has 0 atom stereocenters. The average molecular weight is 190 g/mol. The molecule has 0 heterocycles. The predicted molar refractivity (Wildman–Crippen MR) is 58.1 cm³/mol. The highest BCUT2D eigenvalue weighted by molar-refractivity contribution is 5.96. The third-order valence-corrected chi connectivity index (χ3v) is 3.16. The highest BCUT2D eigenvalue weighted by Crippen LogP contribution is 2.26. The van der Waals surface area contributed by atoms with Crippen LogP contribution in [-0.4, -0.2) is 5.78 Å². The molecule has 0 aromatic carbocycles. The van der Waals surface area contributed by atoms with Gasteiger partial charge in [-0.05, 0) is 50.5 Å². The smallest absolute Gasteiger partial charge is 0.158 e. The fourth-order valence-electron chi connectivity index (χ4n) is 2.29. The van der Waals surface area contributed by atoms with Crippen LogP contribution in [-0.2, 0) is 4.79 Å². The van der Waals surface area contributed by atoms with E-state index >= 15 is 0 Å². The molecule has 0 bridgehead atoms. The van der Waals surface area contributed by atoms with Gasteiger partial charge in [0.1, 0.15) is 0 Å². The standard InChI is InChI=1S/C13H18O/c14-13-9-5-4-8-12(13)10-11-6-2-1-3-7-11/h6,8H,1-5,7,9-10H2. The van der Waals surface area contributed by atoms with Gasteiger partial charge in [0.25, 0.3) is 0 Å². The molecule has 0 aliphatic heterocycles. The summed E-state index contributed by atoms with van der Waals surface area (Å²) in [7, 11) is 0. The zero-order chi connectivity index (χ0) is 9.80. The molecule has 2 rings (SSSR count). The van der Waals surface area contributed by atoms with Gasteiger partial charge < -0.3 is 0 Å². The van der Waals surface area contributed by atoms with Crippen LogP contribution in [0.4, 0.5) is 0 Å². The Balaban J connectivity index is 1.98. The van der Waals surface area contributed by atoms with Crippen molar-refractivity contribution >= 4 is 5.78 Å². The van der Waals surface area contributed by atoms with E-state index in [1.807, 2.05) is 0 Å². The zero-order valence-electron chi connectivity index (χ0n) is 8.72. The zero-order valence-corrected chi connectivity index (χ0v) is 8.72. The molecule has 1 heteroatoms. The molecule has 14 heavy (non-hydrogen) atoms. The van der Waals surface area contributed by atoms with Gasteiger partial charge in [-0.3, -0.25) is 4.79 Å². The lowest BCUT2D eigenvalue weighted by atomic mass is 9.89. The van der Waals surface area contributed by atoms with Crippen LogP contribution in [0.5, 0.6) is 0 Å². The number of carbonyl (C=O) groups excluding carboxylic acids is 1. The topological polar surface area (TPSA) is 17.1 Å². The second kappa shape index (κ2) is 4.59. The van der Waals surface area contributed by atoms with Crippen molar-refractivity contribution in [2.75, 3.05) is 0 Å². The number of ketones is 1. The predicted octanol–water partition coefficient (Wildman–Crippen LogP) is 3.56. The maximum absolute atomic E-state index is 11.6. The van der Waals surface area contributed by atoms with E-state index in [9.17, 15) is 4.79 Å². The number of hydrogen-bond donors (Lipinski definition) is 0. The van der Waals surface area contributed by atoms with Gasteiger partial charge in [0.2, 0.25) is 0 Å². The lowest BCUT2D eigenvalue weighted by molar-refractivity contribution is -0.116. The molecule has 1 nitrogen and oxygen atoms in total. The summed E-state index contributed by atoms with van der Waals surface area (Å²) in [4.78, 5) is 11.6. The van der Waals surface area contributed by atoms with Gasteiger partial charge >= 0.3 is 0 Å². The van der Waals surface area contributed by atoms with E-state index in [2.05, 4.69) is 12.2 Å². The SMILES string of the molecule is O=C1CCCC=C1CC1=CCCCC1. The minimum atomic E-state index is 0.391. The lowest BCUT2D eigenvalue weighted by Crippen LogP contribution is -2.08. The van der Waals surface area contributed by atoms with Crippen LogP contribution in [0.1, 0.15) is 51.4 Å². The van der Waals surface area contributed by atoms with Gasteiger partial charge in [0.05, 0.1) is 0 Å². The Morgan fingerprint density at radius 3 is 2.57 bits per heavy atom. The molecular weight excluding hydrogens is 172 g/mol. The van der Waals surface area contributed by atoms with Gasteiger partial charge in [-0.1, -0.05) is 17.7 Å². The number of hydrogen-bond acceptors (Lipinski definition) is 1. The molecule has 0 saturated carbocycles. The molecule has 2 aliphatic carbocycles. The maximum Gasteiger partial charge on any atom is 0.158 e. The molecule has 0 radical (unpaired) electrons. The number of carbonyl (C=O) groups is 1. The summed E-state index contributed by atoms with van der Waals surface area (Å²) in [6.07, 6.45) is 13.5. The van der Waals surface area contributed by atoms with E-state index in [0.29, 0.717) is 5.78 Å². The van der Waals surface area contributed by atoms with Crippen LogP contribution in [0.2, 0.25) is 0 Å². The van der Waals surface area contributed by atoms with Crippen LogP contribution in [0.15, 0.2) is 23.3 Å². The van der Waals surface area contributed by atoms with E-state index in [1.54, 1.807) is 0 Å². The van der Waals surface area contributed by atoms with Gasteiger partial charge in [-0.2, -0.15) is 0 Å². The van der Waals surface area contributed by atoms with Crippen molar-refractivity contribution in [3.63, 3.8) is 0 Å². The monoisotopic (exact) mass is 190 g/mol. The summed E-state index contributed by atoms with van der Waals surface area (Å²) in [6, 6.07) is 0. The first-order valence-corrected chi connectivity index (χ1v) is 5.76. The normalized spacial score (nSPS) is 23.0. The second-order valence-corrected chi connectivity index (χ2v) is 4.33. The summed E-state index contributed by atoms with van der Waals surface area (Å²) in [5, 5.41) is 0. The third kappa shape index (κ3) is 2.34. The number of Topliss-reactive ketones (excluding diaryl/α,β-unsaturated/α-hetero) is 1. The quantitative estimate of drug-likeness (QED) is 0.608. The molecule has 0 N–H and O–H groups in total. The van der Waals surface area contributed by atoms with Crippen molar-refractivity contribution in [2.45, 2.75) is 51.4 Å². The van der Waals surface area contributed by atoms with Crippen LogP contribution in [0.3, 0.4) is 0 Å². The Bertz CT molecular complexity index is 284. The van der Waals surface area contributed by atoms with Gasteiger partial charge in [0, 0.05) is 6.42 Å². The lowest BCUT2D eigenvalue weighted by Gasteiger charge is -2.16. The Kier molecular flexibility index (Phi) is 3.18. The summed E-state index contributed by atoms with van der Waals surface area (Å²) in [5.41, 5.74) is 2.59. The van der Waals surface area contributed by atoms with Crippen molar-refractivity contribution in [3.8, 4) is 0 Å². The molecule has 2 aliphatic rings. The fraction of sp³-hybridized carbons (Fsp3) is 0.615. The van der Waals surface area contributed by atoms with E-state index in [0.717, 1.165) is 31.3 Å². The largest absolute Gasteiger partial charge is 0.295 e. The van der Waals surface area contributed by atoms with E-state index in [1.165, 1.54) is 31.3 Å². The average Bonchev–Trinajstić information content (AvgIpc) is 2.23. The highest BCUT2D eigenvalue weighted by Gasteiger charge is 2.15. The van der Waals surface area contributed by atoms with Gasteiger partial charge in [-0.25, -0.2) is 0 Å². The van der Waals surface area contributed by atoms with Crippen molar-refractivity contribution in [1.29, 1.82) is 0 Å². The van der Waals surface area contributed by atoms with Gasteiger partial charge in [0.15, 0.2) is 5.78 Å². The molecule has 76 valence electrons. The molecule has 0 fully saturated rings. The summed E-state index contributed by atoms with van der Waals surface area (Å²) >= 11 is 0. The van der Waals surface area contributed by atoms with Crippen molar-refractivity contribution in [1.82, 2.24) is 0 Å². The molecule has 0 unspecified atom stereocenters. The van der Waals surface area contributed by atoms with Crippen molar-refractivity contribution < 1.29 is 4.79 Å². The van der Waals surface area contributed by atoms with E-state index < -0.39 is 0 Å². The molecule has 0 aromatic heterocycles. The fourth-order valence-corrected chi connectivity index (χ4v) is 2.29. The number of rotatable bonds is 2. The molecular formula is C13H18O. The first-order chi connectivity index (χ1) is 6.86.